The van der Waals surface area contributed by atoms with Gasteiger partial charge in [0.2, 0.25) is 0 Å². The molecular formula is C27H23ClFN3O. The summed E-state index contributed by atoms with van der Waals surface area (Å²) in [6.07, 6.45) is 2.44. The third kappa shape index (κ3) is 6.26. The number of rotatable bonds is 8. The molecule has 1 aliphatic carbocycles. The number of carbonyl (C=O) groups is 1. The molecule has 0 spiro atoms. The summed E-state index contributed by atoms with van der Waals surface area (Å²) in [5, 5.41) is 8.95. The van der Waals surface area contributed by atoms with Crippen molar-refractivity contribution in [2.75, 3.05) is 0 Å². The molecule has 3 aromatic carbocycles. The Hall–Kier alpha value is -3.51. The van der Waals surface area contributed by atoms with E-state index in [-0.39, 0.29) is 30.4 Å². The molecule has 0 atom stereocenters. The minimum absolute atomic E-state index is 0. The zero-order chi connectivity index (χ0) is 22.5. The van der Waals surface area contributed by atoms with Crippen LogP contribution >= 0.6 is 12.4 Å². The Bertz CT molecular complexity index is 1220. The molecule has 4 rings (SSSR count). The van der Waals surface area contributed by atoms with Gasteiger partial charge < -0.3 is 0 Å². The first-order chi connectivity index (χ1) is 15.6. The first kappa shape index (κ1) is 24.1. The average molecular weight is 460 g/mol. The summed E-state index contributed by atoms with van der Waals surface area (Å²) in [6, 6.07) is 21.7. The molecule has 6 heteroatoms. The molecule has 1 aliphatic rings. The molecule has 0 aromatic heterocycles. The van der Waals surface area contributed by atoms with Gasteiger partial charge in [0.25, 0.3) is 0 Å². The molecule has 0 N–H and O–H groups in total. The lowest BCUT2D eigenvalue weighted by Gasteiger charge is -2.23. The maximum absolute atomic E-state index is 14.4. The number of benzene rings is 3. The van der Waals surface area contributed by atoms with Crippen molar-refractivity contribution < 1.29 is 9.18 Å². The highest BCUT2D eigenvalue weighted by molar-refractivity contribution is 5.97. The lowest BCUT2D eigenvalue weighted by Crippen LogP contribution is -2.25. The van der Waals surface area contributed by atoms with Crippen molar-refractivity contribution in [3.8, 4) is 6.07 Å². The normalized spacial score (nSPS) is 12.5. The minimum atomic E-state index is -0.358. The lowest BCUT2D eigenvalue weighted by atomic mass is 10.0. The highest BCUT2D eigenvalue weighted by Crippen LogP contribution is 2.30. The van der Waals surface area contributed by atoms with Gasteiger partial charge in [-0.05, 0) is 42.2 Å². The minimum Gasteiger partial charge on any atom is -0.294 e. The lowest BCUT2D eigenvalue weighted by molar-refractivity contribution is 0.0992. The molecule has 4 nitrogen and oxygen atoms in total. The third-order valence-corrected chi connectivity index (χ3v) is 5.68. The highest BCUT2D eigenvalue weighted by atomic mass is 35.5. The molecule has 0 saturated heterocycles. The standard InChI is InChI=1S/C27H22FN3O.ClH/c1-30-24-9-6-19(7-10-24)15-27(32)22-4-2-3-21(13-22)17-31(25-11-12-25)18-23-8-5-20(16-29)14-26(23)28;/h2-10,13-14,25H,11-12,15,17-18H2;1H. The Labute approximate surface area is 199 Å². The number of hydrogen-bond acceptors (Lipinski definition) is 3. The van der Waals surface area contributed by atoms with Crippen LogP contribution in [0, 0.1) is 23.7 Å². The van der Waals surface area contributed by atoms with Crippen LogP contribution in [0.25, 0.3) is 4.85 Å². The van der Waals surface area contributed by atoms with Crippen LogP contribution in [0.4, 0.5) is 10.1 Å². The van der Waals surface area contributed by atoms with Crippen molar-refractivity contribution in [1.29, 1.82) is 5.26 Å². The first-order valence-electron chi connectivity index (χ1n) is 10.6. The van der Waals surface area contributed by atoms with Crippen LogP contribution in [0.3, 0.4) is 0 Å². The molecule has 0 unspecified atom stereocenters. The number of carbonyl (C=O) groups excluding carboxylic acids is 1. The molecule has 0 amide bonds. The summed E-state index contributed by atoms with van der Waals surface area (Å²) < 4.78 is 14.4. The van der Waals surface area contributed by atoms with Crippen LogP contribution in [0.15, 0.2) is 66.7 Å². The highest BCUT2D eigenvalue weighted by Gasteiger charge is 2.29. The predicted octanol–water partition coefficient (Wildman–Crippen LogP) is 6.26. The number of nitriles is 1. The summed E-state index contributed by atoms with van der Waals surface area (Å²) in [4.78, 5) is 18.4. The van der Waals surface area contributed by atoms with E-state index in [1.54, 1.807) is 24.3 Å². The summed E-state index contributed by atoms with van der Waals surface area (Å²) in [6.45, 7) is 8.12. The Morgan fingerprint density at radius 3 is 2.45 bits per heavy atom. The zero-order valence-electron chi connectivity index (χ0n) is 18.0. The molecule has 0 radical (unpaired) electrons. The smallest absolute Gasteiger partial charge is 0.187 e. The molecule has 0 bridgehead atoms. The van der Waals surface area contributed by atoms with Gasteiger partial charge in [0.1, 0.15) is 5.82 Å². The van der Waals surface area contributed by atoms with E-state index in [0.717, 1.165) is 24.0 Å². The molecule has 3 aromatic rings. The Morgan fingerprint density at radius 2 is 1.82 bits per heavy atom. The largest absolute Gasteiger partial charge is 0.294 e. The van der Waals surface area contributed by atoms with E-state index in [1.807, 2.05) is 42.5 Å². The molecule has 1 saturated carbocycles. The van der Waals surface area contributed by atoms with E-state index >= 15 is 0 Å². The van der Waals surface area contributed by atoms with Crippen molar-refractivity contribution in [2.45, 2.75) is 38.4 Å². The monoisotopic (exact) mass is 459 g/mol. The Balaban J connectivity index is 0.00000306. The van der Waals surface area contributed by atoms with Crippen molar-refractivity contribution in [1.82, 2.24) is 4.90 Å². The van der Waals surface area contributed by atoms with Crippen LogP contribution in [0.1, 0.15) is 45.5 Å². The van der Waals surface area contributed by atoms with E-state index in [9.17, 15) is 9.18 Å². The number of ketones is 1. The Morgan fingerprint density at radius 1 is 1.06 bits per heavy atom. The van der Waals surface area contributed by atoms with Gasteiger partial charge in [-0.25, -0.2) is 9.24 Å². The topological polar surface area (TPSA) is 48.5 Å². The fraction of sp³-hybridized carbons (Fsp3) is 0.222. The predicted molar refractivity (Wildman–Crippen MR) is 128 cm³/mol. The second kappa shape index (κ2) is 10.9. The fourth-order valence-electron chi connectivity index (χ4n) is 3.77. The van der Waals surface area contributed by atoms with Gasteiger partial charge in [0, 0.05) is 36.7 Å². The van der Waals surface area contributed by atoms with Crippen molar-refractivity contribution in [3.63, 3.8) is 0 Å². The zero-order valence-corrected chi connectivity index (χ0v) is 18.8. The number of nitrogens with zero attached hydrogens (tertiary/aromatic N) is 3. The quantitative estimate of drug-likeness (QED) is 0.295. The van der Waals surface area contributed by atoms with Crippen molar-refractivity contribution in [3.05, 3.63) is 112 Å². The van der Waals surface area contributed by atoms with Gasteiger partial charge in [0.05, 0.1) is 18.2 Å². The van der Waals surface area contributed by atoms with Gasteiger partial charge >= 0.3 is 0 Å². The van der Waals surface area contributed by atoms with Crippen LogP contribution in [-0.4, -0.2) is 16.7 Å². The van der Waals surface area contributed by atoms with Crippen LogP contribution in [0.2, 0.25) is 0 Å². The number of Topliss-reactive ketones (excluding diaryl/α,β-unsaturated/α-hetero) is 1. The summed E-state index contributed by atoms with van der Waals surface area (Å²) in [5.41, 5.74) is 3.99. The second-order valence-electron chi connectivity index (χ2n) is 8.13. The van der Waals surface area contributed by atoms with E-state index < -0.39 is 0 Å². The molecular weight excluding hydrogens is 437 g/mol. The van der Waals surface area contributed by atoms with Crippen LogP contribution in [0.5, 0.6) is 0 Å². The number of hydrogen-bond donors (Lipinski definition) is 0. The van der Waals surface area contributed by atoms with Gasteiger partial charge in [-0.15, -0.1) is 12.4 Å². The maximum Gasteiger partial charge on any atom is 0.187 e. The molecule has 1 fully saturated rings. The van der Waals surface area contributed by atoms with Gasteiger partial charge in [-0.2, -0.15) is 5.26 Å². The molecule has 33 heavy (non-hydrogen) atoms. The molecule has 0 heterocycles. The number of halogens is 2. The van der Waals surface area contributed by atoms with E-state index in [0.29, 0.717) is 41.5 Å². The summed E-state index contributed by atoms with van der Waals surface area (Å²) in [5.74, 6) is -0.332. The van der Waals surface area contributed by atoms with E-state index in [1.165, 1.54) is 6.07 Å². The molecule has 166 valence electrons. The third-order valence-electron chi connectivity index (χ3n) is 5.68. The Kier molecular flexibility index (Phi) is 7.96. The van der Waals surface area contributed by atoms with Gasteiger partial charge in [-0.1, -0.05) is 48.5 Å². The van der Waals surface area contributed by atoms with Gasteiger partial charge in [0.15, 0.2) is 11.5 Å². The summed E-state index contributed by atoms with van der Waals surface area (Å²) in [7, 11) is 0. The van der Waals surface area contributed by atoms with Crippen molar-refractivity contribution in [2.24, 2.45) is 0 Å². The molecule has 0 aliphatic heterocycles. The van der Waals surface area contributed by atoms with Gasteiger partial charge in [-0.3, -0.25) is 9.69 Å². The van der Waals surface area contributed by atoms with Crippen LogP contribution in [-0.2, 0) is 19.5 Å². The fourth-order valence-corrected chi connectivity index (χ4v) is 3.77. The van der Waals surface area contributed by atoms with Crippen molar-refractivity contribution >= 4 is 23.9 Å². The van der Waals surface area contributed by atoms with E-state index in [2.05, 4.69) is 9.74 Å². The van der Waals surface area contributed by atoms with E-state index in [4.69, 9.17) is 11.8 Å². The van der Waals surface area contributed by atoms with Crippen LogP contribution < -0.4 is 0 Å². The summed E-state index contributed by atoms with van der Waals surface area (Å²) >= 11 is 0. The first-order valence-corrected chi connectivity index (χ1v) is 10.6. The average Bonchev–Trinajstić information content (AvgIpc) is 3.66. The SMILES string of the molecule is Cl.[C-]#[N+]c1ccc(CC(=O)c2cccc(CN(Cc3ccc(C#N)cc3F)C3CC3)c2)cc1. The second-order valence-corrected chi connectivity index (χ2v) is 8.13. The maximum atomic E-state index is 14.4.